The Hall–Kier alpha value is -2.27. The maximum Gasteiger partial charge on any atom is 0.245 e. The standard InChI is InChI=1S/C28H35BrN4O4S/c1-2-26(34)33-12-10-22-17-24(29)18-25(27(22)33)38(36,37)32-11-6-9-23(20-32)28(35)31-15-13-30(14-16-31)19-21-7-4-3-5-8-21/h3-5,7-8,17-18,23H,2,6,9-16,19-20H2,1H3/t23-/m0/s1. The van der Waals surface area contributed by atoms with Gasteiger partial charge in [-0.1, -0.05) is 53.2 Å². The smallest absolute Gasteiger partial charge is 0.245 e. The zero-order valence-corrected chi connectivity index (χ0v) is 24.2. The van der Waals surface area contributed by atoms with E-state index < -0.39 is 10.0 Å². The zero-order valence-electron chi connectivity index (χ0n) is 21.8. The second-order valence-electron chi connectivity index (χ2n) is 10.3. The summed E-state index contributed by atoms with van der Waals surface area (Å²) in [5.74, 6) is -0.389. The van der Waals surface area contributed by atoms with E-state index in [9.17, 15) is 18.0 Å². The van der Waals surface area contributed by atoms with Crippen LogP contribution in [0.3, 0.4) is 0 Å². The summed E-state index contributed by atoms with van der Waals surface area (Å²) in [5.41, 5.74) is 2.62. The average Bonchev–Trinajstić information content (AvgIpc) is 3.36. The van der Waals surface area contributed by atoms with Crippen LogP contribution in [0.4, 0.5) is 5.69 Å². The Balaban J connectivity index is 1.28. The maximum atomic E-state index is 14.0. The number of carbonyl (C=O) groups excluding carboxylic acids is 2. The summed E-state index contributed by atoms with van der Waals surface area (Å²) in [6, 6.07) is 13.8. The third-order valence-corrected chi connectivity index (χ3v) is 10.2. The molecule has 5 rings (SSSR count). The van der Waals surface area contributed by atoms with Crippen molar-refractivity contribution < 1.29 is 18.0 Å². The van der Waals surface area contributed by atoms with E-state index in [1.54, 1.807) is 17.9 Å². The SMILES string of the molecule is CCC(=O)N1CCc2cc(Br)cc(S(=O)(=O)N3CCC[C@H](C(=O)N4CCN(Cc5ccccc5)CC4)C3)c21. The molecule has 0 spiro atoms. The summed E-state index contributed by atoms with van der Waals surface area (Å²) in [4.78, 5) is 32.1. The van der Waals surface area contributed by atoms with E-state index in [0.29, 0.717) is 62.0 Å². The van der Waals surface area contributed by atoms with E-state index in [2.05, 4.69) is 33.0 Å². The number of benzene rings is 2. The van der Waals surface area contributed by atoms with E-state index in [-0.39, 0.29) is 29.2 Å². The molecule has 2 fully saturated rings. The van der Waals surface area contributed by atoms with Crippen LogP contribution in [0.5, 0.6) is 0 Å². The minimum Gasteiger partial charge on any atom is -0.340 e. The molecule has 0 N–H and O–H groups in total. The first-order chi connectivity index (χ1) is 18.3. The van der Waals surface area contributed by atoms with Gasteiger partial charge in [0.25, 0.3) is 0 Å². The number of anilines is 1. The summed E-state index contributed by atoms with van der Waals surface area (Å²) >= 11 is 3.47. The highest BCUT2D eigenvalue weighted by atomic mass is 79.9. The van der Waals surface area contributed by atoms with Crippen molar-refractivity contribution in [3.05, 3.63) is 58.1 Å². The molecule has 0 bridgehead atoms. The summed E-state index contributed by atoms with van der Waals surface area (Å²) < 4.78 is 30.0. The van der Waals surface area contributed by atoms with Crippen molar-refractivity contribution >= 4 is 43.5 Å². The molecule has 2 amide bonds. The van der Waals surface area contributed by atoms with Crippen LogP contribution >= 0.6 is 15.9 Å². The molecule has 0 aliphatic carbocycles. The number of halogens is 1. The van der Waals surface area contributed by atoms with Gasteiger partial charge in [0, 0.05) is 63.3 Å². The normalized spacial score (nSPS) is 20.9. The third-order valence-electron chi connectivity index (χ3n) is 7.88. The van der Waals surface area contributed by atoms with Crippen LogP contribution in [0, 0.1) is 5.92 Å². The Kier molecular flexibility index (Phi) is 8.23. The fourth-order valence-corrected chi connectivity index (χ4v) is 8.28. The van der Waals surface area contributed by atoms with E-state index >= 15 is 0 Å². The largest absolute Gasteiger partial charge is 0.340 e. The van der Waals surface area contributed by atoms with Crippen molar-refractivity contribution in [3.63, 3.8) is 0 Å². The van der Waals surface area contributed by atoms with E-state index in [1.165, 1.54) is 9.87 Å². The number of carbonyl (C=O) groups is 2. The molecule has 3 aliphatic rings. The van der Waals surface area contributed by atoms with Crippen LogP contribution in [0.2, 0.25) is 0 Å². The van der Waals surface area contributed by atoms with Crippen molar-refractivity contribution in [1.29, 1.82) is 0 Å². The summed E-state index contributed by atoms with van der Waals surface area (Å²) in [5, 5.41) is 0. The van der Waals surface area contributed by atoms with Gasteiger partial charge in [0.05, 0.1) is 11.6 Å². The first-order valence-corrected chi connectivity index (χ1v) is 15.7. The van der Waals surface area contributed by atoms with Crippen LogP contribution in [-0.4, -0.2) is 80.2 Å². The Morgan fingerprint density at radius 2 is 1.74 bits per heavy atom. The van der Waals surface area contributed by atoms with Gasteiger partial charge in [-0.15, -0.1) is 0 Å². The van der Waals surface area contributed by atoms with Gasteiger partial charge in [-0.05, 0) is 42.5 Å². The number of fused-ring (bicyclic) bond motifs is 1. The number of hydrogen-bond donors (Lipinski definition) is 0. The van der Waals surface area contributed by atoms with Crippen LogP contribution in [0.15, 0.2) is 51.8 Å². The van der Waals surface area contributed by atoms with E-state index in [4.69, 9.17) is 0 Å². The van der Waals surface area contributed by atoms with Crippen molar-refractivity contribution in [3.8, 4) is 0 Å². The van der Waals surface area contributed by atoms with Gasteiger partial charge in [-0.3, -0.25) is 14.5 Å². The summed E-state index contributed by atoms with van der Waals surface area (Å²) in [6.45, 7) is 6.61. The van der Waals surface area contributed by atoms with Crippen LogP contribution < -0.4 is 4.90 Å². The van der Waals surface area contributed by atoms with Crippen molar-refractivity contribution in [2.45, 2.75) is 44.0 Å². The fraction of sp³-hybridized carbons (Fsp3) is 0.500. The molecule has 10 heteroatoms. The molecule has 204 valence electrons. The highest BCUT2D eigenvalue weighted by molar-refractivity contribution is 9.10. The molecule has 0 unspecified atom stereocenters. The van der Waals surface area contributed by atoms with Crippen molar-refractivity contribution in [2.24, 2.45) is 5.92 Å². The summed E-state index contributed by atoms with van der Waals surface area (Å²) in [7, 11) is -3.89. The molecule has 1 atom stereocenters. The lowest BCUT2D eigenvalue weighted by Gasteiger charge is -2.39. The second-order valence-corrected chi connectivity index (χ2v) is 13.2. The number of sulfonamides is 1. The number of rotatable bonds is 6. The summed E-state index contributed by atoms with van der Waals surface area (Å²) in [6.07, 6.45) is 2.26. The van der Waals surface area contributed by atoms with Gasteiger partial charge in [0.15, 0.2) is 0 Å². The zero-order chi connectivity index (χ0) is 26.9. The molecule has 3 aliphatic heterocycles. The maximum absolute atomic E-state index is 14.0. The van der Waals surface area contributed by atoms with Gasteiger partial charge < -0.3 is 9.80 Å². The quantitative estimate of drug-likeness (QED) is 0.505. The van der Waals surface area contributed by atoms with Gasteiger partial charge >= 0.3 is 0 Å². The van der Waals surface area contributed by atoms with Crippen molar-refractivity contribution in [2.75, 3.05) is 50.7 Å². The predicted molar refractivity (Wildman–Crippen MR) is 150 cm³/mol. The monoisotopic (exact) mass is 602 g/mol. The molecule has 0 aromatic heterocycles. The number of hydrogen-bond acceptors (Lipinski definition) is 5. The molecule has 3 heterocycles. The highest BCUT2D eigenvalue weighted by Gasteiger charge is 2.39. The second kappa shape index (κ2) is 11.5. The Labute approximate surface area is 233 Å². The number of piperazine rings is 1. The van der Waals surface area contributed by atoms with E-state index in [0.717, 1.165) is 25.2 Å². The number of piperidine rings is 1. The molecule has 2 aromatic carbocycles. The Morgan fingerprint density at radius 3 is 2.45 bits per heavy atom. The topological polar surface area (TPSA) is 81.2 Å². The molecule has 0 radical (unpaired) electrons. The molecule has 2 aromatic rings. The first-order valence-electron chi connectivity index (χ1n) is 13.5. The van der Waals surface area contributed by atoms with E-state index in [1.807, 2.05) is 29.2 Å². The van der Waals surface area contributed by atoms with Crippen LogP contribution in [0.1, 0.15) is 37.3 Å². The molecule has 38 heavy (non-hydrogen) atoms. The first kappa shape index (κ1) is 27.3. The van der Waals surface area contributed by atoms with Crippen molar-refractivity contribution in [1.82, 2.24) is 14.1 Å². The third kappa shape index (κ3) is 5.54. The average molecular weight is 604 g/mol. The minimum absolute atomic E-state index is 0.0477. The lowest BCUT2D eigenvalue weighted by atomic mass is 9.97. The van der Waals surface area contributed by atoms with Gasteiger partial charge in [0.2, 0.25) is 21.8 Å². The van der Waals surface area contributed by atoms with Crippen LogP contribution in [-0.2, 0) is 32.6 Å². The molecule has 2 saturated heterocycles. The lowest BCUT2D eigenvalue weighted by Crippen LogP contribution is -2.52. The lowest BCUT2D eigenvalue weighted by molar-refractivity contribution is -0.138. The minimum atomic E-state index is -3.89. The predicted octanol–water partition coefficient (Wildman–Crippen LogP) is 3.49. The fourth-order valence-electron chi connectivity index (χ4n) is 5.83. The molecular weight excluding hydrogens is 568 g/mol. The molecular formula is C28H35BrN4O4S. The van der Waals surface area contributed by atoms with Gasteiger partial charge in [-0.2, -0.15) is 4.31 Å². The highest BCUT2D eigenvalue weighted by Crippen LogP contribution is 2.40. The Bertz CT molecular complexity index is 1300. The van der Waals surface area contributed by atoms with Gasteiger partial charge in [0.1, 0.15) is 4.90 Å². The van der Waals surface area contributed by atoms with Gasteiger partial charge in [-0.25, -0.2) is 8.42 Å². The number of amides is 2. The number of nitrogens with zero attached hydrogens (tertiary/aromatic N) is 4. The van der Waals surface area contributed by atoms with Crippen LogP contribution in [0.25, 0.3) is 0 Å². The Morgan fingerprint density at radius 1 is 1.00 bits per heavy atom. The molecule has 0 saturated carbocycles. The molecule has 8 nitrogen and oxygen atoms in total.